The van der Waals surface area contributed by atoms with Crippen LogP contribution in [0.2, 0.25) is 0 Å². The van der Waals surface area contributed by atoms with Gasteiger partial charge in [-0.15, -0.1) is 5.92 Å². The monoisotopic (exact) mass is 572 g/mol. The standard InChI is InChI=1S/C35H44N2O5/c1-4-18-35(42)19-17-30-28-15-11-24-21-26(38)14-16-27(24)32(28)29(22-34(30,35)2)23-9-12-25(13-10-23)37(3)33(41)36-20-7-5-6-8-31(39)40/h9-10,12-13,21,28-30,42H,5-8,11,14-17,19-20,22H2,1-3H3,(H,36,41)(H,39,40)/t28-,29+,30-,34-,35-/m0/s1. The highest BCUT2D eigenvalue weighted by Crippen LogP contribution is 2.66. The van der Waals surface area contributed by atoms with Gasteiger partial charge in [-0.2, -0.15) is 0 Å². The lowest BCUT2D eigenvalue weighted by molar-refractivity contribution is -0.137. The van der Waals surface area contributed by atoms with E-state index < -0.39 is 11.6 Å². The summed E-state index contributed by atoms with van der Waals surface area (Å²) >= 11 is 0. The summed E-state index contributed by atoms with van der Waals surface area (Å²) in [5.41, 5.74) is 4.68. The number of fused-ring (bicyclic) bond motifs is 4. The maximum atomic E-state index is 12.8. The Balaban J connectivity index is 1.39. The maximum Gasteiger partial charge on any atom is 0.321 e. The number of amides is 2. The zero-order valence-electron chi connectivity index (χ0n) is 25.2. The zero-order chi connectivity index (χ0) is 30.1. The highest BCUT2D eigenvalue weighted by molar-refractivity contribution is 5.93. The molecule has 42 heavy (non-hydrogen) atoms. The Bertz CT molecular complexity index is 1370. The predicted octanol–water partition coefficient (Wildman–Crippen LogP) is 6.13. The summed E-state index contributed by atoms with van der Waals surface area (Å²) in [7, 11) is 1.75. The number of aliphatic carboxylic acids is 1. The van der Waals surface area contributed by atoms with Crippen LogP contribution >= 0.6 is 0 Å². The molecule has 3 N–H and O–H groups in total. The van der Waals surface area contributed by atoms with E-state index in [4.69, 9.17) is 5.11 Å². The number of rotatable bonds is 8. The minimum Gasteiger partial charge on any atom is -0.481 e. The smallest absolute Gasteiger partial charge is 0.321 e. The van der Waals surface area contributed by atoms with Gasteiger partial charge in [-0.3, -0.25) is 14.5 Å². The Labute approximate surface area is 249 Å². The predicted molar refractivity (Wildman–Crippen MR) is 163 cm³/mol. The van der Waals surface area contributed by atoms with Crippen LogP contribution in [0.1, 0.15) is 96.0 Å². The van der Waals surface area contributed by atoms with Crippen molar-refractivity contribution in [3.63, 3.8) is 0 Å². The number of urea groups is 1. The van der Waals surface area contributed by atoms with Crippen molar-refractivity contribution in [3.05, 3.63) is 52.6 Å². The van der Waals surface area contributed by atoms with Gasteiger partial charge in [0.25, 0.3) is 0 Å². The summed E-state index contributed by atoms with van der Waals surface area (Å²) in [5, 5.41) is 23.6. The average Bonchev–Trinajstić information content (AvgIpc) is 3.23. The number of hydrogen-bond acceptors (Lipinski definition) is 4. The highest BCUT2D eigenvalue weighted by Gasteiger charge is 2.62. The quantitative estimate of drug-likeness (QED) is 0.257. The van der Waals surface area contributed by atoms with Crippen molar-refractivity contribution in [1.82, 2.24) is 5.32 Å². The van der Waals surface area contributed by atoms with Gasteiger partial charge in [-0.05, 0) is 105 Å². The molecule has 0 aliphatic heterocycles. The normalized spacial score (nSPS) is 29.9. The van der Waals surface area contributed by atoms with Gasteiger partial charge in [0.2, 0.25) is 0 Å². The first-order valence-electron chi connectivity index (χ1n) is 15.5. The van der Waals surface area contributed by atoms with E-state index >= 15 is 0 Å². The van der Waals surface area contributed by atoms with E-state index in [-0.39, 0.29) is 29.6 Å². The number of nitrogens with zero attached hydrogens (tertiary/aromatic N) is 1. The number of anilines is 1. The lowest BCUT2D eigenvalue weighted by atomic mass is 9.51. The van der Waals surface area contributed by atoms with Gasteiger partial charge < -0.3 is 15.5 Å². The number of benzene rings is 1. The van der Waals surface area contributed by atoms with Gasteiger partial charge in [0.15, 0.2) is 5.78 Å². The number of allylic oxidation sites excluding steroid dienone is 4. The van der Waals surface area contributed by atoms with E-state index in [1.54, 1.807) is 11.9 Å². The molecule has 7 nitrogen and oxygen atoms in total. The number of unbranched alkanes of at least 4 members (excludes halogenated alkanes) is 2. The Morgan fingerprint density at radius 2 is 1.86 bits per heavy atom. The summed E-state index contributed by atoms with van der Waals surface area (Å²) in [6.07, 6.45) is 9.89. The first kappa shape index (κ1) is 30.1. The SMILES string of the molecule is CC#C[C@]1(O)CC[C@H]2[C@@H]3CCC4=CC(=O)CCC4=C3[C@@H](c3ccc(N(C)C(=O)NCCCCCC(=O)O)cc3)C[C@@]21C. The topological polar surface area (TPSA) is 107 Å². The molecule has 0 spiro atoms. The highest BCUT2D eigenvalue weighted by atomic mass is 16.4. The number of carboxylic acids is 1. The molecule has 0 aromatic heterocycles. The fraction of sp³-hybridized carbons (Fsp3) is 0.571. The van der Waals surface area contributed by atoms with E-state index in [1.807, 2.05) is 25.1 Å². The summed E-state index contributed by atoms with van der Waals surface area (Å²) in [6, 6.07) is 8.03. The van der Waals surface area contributed by atoms with E-state index in [2.05, 4.69) is 36.2 Å². The number of hydrogen-bond donors (Lipinski definition) is 3. The number of carbonyl (C=O) groups is 3. The molecular formula is C35H44N2O5. The van der Waals surface area contributed by atoms with Crippen LogP contribution in [0.5, 0.6) is 0 Å². The van der Waals surface area contributed by atoms with Crippen molar-refractivity contribution in [2.45, 2.75) is 96.0 Å². The van der Waals surface area contributed by atoms with Gasteiger partial charge >= 0.3 is 12.0 Å². The van der Waals surface area contributed by atoms with Crippen molar-refractivity contribution in [2.75, 3.05) is 18.5 Å². The molecule has 1 aromatic carbocycles. The molecule has 7 heteroatoms. The van der Waals surface area contributed by atoms with Crippen molar-refractivity contribution in [1.29, 1.82) is 0 Å². The summed E-state index contributed by atoms with van der Waals surface area (Å²) in [6.45, 7) is 4.56. The Kier molecular flexibility index (Phi) is 8.66. The lowest BCUT2D eigenvalue weighted by Crippen LogP contribution is -2.51. The molecule has 0 bridgehead atoms. The molecule has 4 aliphatic carbocycles. The third-order valence-corrected chi connectivity index (χ3v) is 10.5. The van der Waals surface area contributed by atoms with Crippen LogP contribution < -0.4 is 10.2 Å². The molecule has 0 saturated heterocycles. The molecule has 4 aliphatic rings. The summed E-state index contributed by atoms with van der Waals surface area (Å²) in [5.74, 6) is 6.51. The van der Waals surface area contributed by atoms with Gasteiger partial charge in [0.1, 0.15) is 5.60 Å². The lowest BCUT2D eigenvalue weighted by Gasteiger charge is -2.53. The number of aliphatic hydroxyl groups is 1. The first-order chi connectivity index (χ1) is 20.1. The van der Waals surface area contributed by atoms with Crippen LogP contribution in [0.15, 0.2) is 47.1 Å². The minimum atomic E-state index is -1.01. The minimum absolute atomic E-state index is 0.116. The fourth-order valence-electron chi connectivity index (χ4n) is 8.32. The van der Waals surface area contributed by atoms with Crippen LogP contribution in [0.4, 0.5) is 10.5 Å². The molecule has 0 unspecified atom stereocenters. The largest absolute Gasteiger partial charge is 0.481 e. The van der Waals surface area contributed by atoms with E-state index in [0.29, 0.717) is 37.6 Å². The molecule has 0 radical (unpaired) electrons. The number of nitrogens with one attached hydrogen (secondary N) is 1. The molecule has 2 fully saturated rings. The first-order valence-corrected chi connectivity index (χ1v) is 15.5. The molecular weight excluding hydrogens is 528 g/mol. The fourth-order valence-corrected chi connectivity index (χ4v) is 8.32. The molecule has 2 saturated carbocycles. The van der Waals surface area contributed by atoms with Gasteiger partial charge in [-0.1, -0.05) is 37.0 Å². The number of carboxylic acid groups (broad SMARTS) is 1. The maximum absolute atomic E-state index is 12.8. The second kappa shape index (κ2) is 12.1. The molecule has 1 aromatic rings. The Morgan fingerprint density at radius 1 is 1.10 bits per heavy atom. The Morgan fingerprint density at radius 3 is 2.57 bits per heavy atom. The second-order valence-corrected chi connectivity index (χ2v) is 12.9. The van der Waals surface area contributed by atoms with E-state index in [0.717, 1.165) is 50.6 Å². The zero-order valence-corrected chi connectivity index (χ0v) is 25.2. The van der Waals surface area contributed by atoms with Crippen molar-refractivity contribution < 1.29 is 24.6 Å². The van der Waals surface area contributed by atoms with Crippen molar-refractivity contribution in [2.24, 2.45) is 17.3 Å². The second-order valence-electron chi connectivity index (χ2n) is 12.9. The summed E-state index contributed by atoms with van der Waals surface area (Å²) in [4.78, 5) is 37.4. The van der Waals surface area contributed by atoms with Crippen LogP contribution in [-0.4, -0.2) is 47.2 Å². The molecule has 0 heterocycles. The van der Waals surface area contributed by atoms with Crippen molar-refractivity contribution >= 4 is 23.5 Å². The molecule has 224 valence electrons. The molecule has 5 atom stereocenters. The third-order valence-electron chi connectivity index (χ3n) is 10.5. The number of ketones is 1. The Hall–Kier alpha value is -3.37. The van der Waals surface area contributed by atoms with Crippen LogP contribution in [0.3, 0.4) is 0 Å². The van der Waals surface area contributed by atoms with E-state index in [1.165, 1.54) is 22.3 Å². The third kappa shape index (κ3) is 5.54. The van der Waals surface area contributed by atoms with Crippen LogP contribution in [0, 0.1) is 29.1 Å². The average molecular weight is 573 g/mol. The molecule has 2 amide bonds. The van der Waals surface area contributed by atoms with Gasteiger partial charge in [-0.25, -0.2) is 4.79 Å². The number of carbonyl (C=O) groups excluding carboxylic acids is 2. The molecule has 5 rings (SSSR count). The van der Waals surface area contributed by atoms with Crippen molar-refractivity contribution in [3.8, 4) is 11.8 Å². The van der Waals surface area contributed by atoms with Crippen LogP contribution in [-0.2, 0) is 9.59 Å². The van der Waals surface area contributed by atoms with Gasteiger partial charge in [0.05, 0.1) is 0 Å². The van der Waals surface area contributed by atoms with Crippen LogP contribution in [0.25, 0.3) is 0 Å². The summed E-state index contributed by atoms with van der Waals surface area (Å²) < 4.78 is 0. The van der Waals surface area contributed by atoms with E-state index in [9.17, 15) is 19.5 Å². The van der Waals surface area contributed by atoms with Gasteiger partial charge in [0, 0.05) is 43.5 Å².